The first-order valence-corrected chi connectivity index (χ1v) is 10.3. The lowest BCUT2D eigenvalue weighted by Crippen LogP contribution is -2.51. The van der Waals surface area contributed by atoms with Gasteiger partial charge in [0.15, 0.2) is 11.6 Å². The number of anilines is 1. The Morgan fingerprint density at radius 3 is 2.39 bits per heavy atom. The molecule has 1 aliphatic carbocycles. The maximum absolute atomic E-state index is 12.3. The molecule has 0 unspecified atom stereocenters. The molecule has 0 atom stereocenters. The highest BCUT2D eigenvalue weighted by molar-refractivity contribution is 5.78. The summed E-state index contributed by atoms with van der Waals surface area (Å²) in [6.07, 6.45) is 7.93. The third-order valence-corrected chi connectivity index (χ3v) is 5.63. The maximum Gasteiger partial charge on any atom is 0.234 e. The van der Waals surface area contributed by atoms with E-state index in [0.29, 0.717) is 12.6 Å². The van der Waals surface area contributed by atoms with Gasteiger partial charge in [-0.3, -0.25) is 9.69 Å². The van der Waals surface area contributed by atoms with Crippen LogP contribution < -0.4 is 10.2 Å². The number of aromatic nitrogens is 4. The summed E-state index contributed by atoms with van der Waals surface area (Å²) in [6, 6.07) is 6.26. The molecule has 4 rings (SSSR count). The molecule has 2 aromatic rings. The Bertz CT molecular complexity index is 774. The third-order valence-electron chi connectivity index (χ3n) is 5.63. The number of aryl methyl sites for hydroxylation is 1. The van der Waals surface area contributed by atoms with E-state index >= 15 is 0 Å². The first kappa shape index (κ1) is 18.9. The Hall–Kier alpha value is -2.48. The van der Waals surface area contributed by atoms with Crippen LogP contribution in [0.3, 0.4) is 0 Å². The number of nitrogens with zero attached hydrogens (tertiary/aromatic N) is 6. The molecule has 8 nitrogen and oxygen atoms in total. The fourth-order valence-corrected chi connectivity index (χ4v) is 4.01. The minimum absolute atomic E-state index is 0.166. The van der Waals surface area contributed by atoms with E-state index < -0.39 is 0 Å². The van der Waals surface area contributed by atoms with Crippen molar-refractivity contribution in [1.82, 2.24) is 30.2 Å². The van der Waals surface area contributed by atoms with Gasteiger partial charge >= 0.3 is 0 Å². The minimum atomic E-state index is 0.166. The topological polar surface area (TPSA) is 79.2 Å². The van der Waals surface area contributed by atoms with Gasteiger partial charge in [-0.15, -0.1) is 10.2 Å². The number of rotatable bonds is 5. The van der Waals surface area contributed by atoms with E-state index in [9.17, 15) is 4.79 Å². The summed E-state index contributed by atoms with van der Waals surface area (Å²) < 4.78 is 1.73. The molecule has 150 valence electrons. The fourth-order valence-electron chi connectivity index (χ4n) is 4.01. The van der Waals surface area contributed by atoms with Crippen LogP contribution in [-0.4, -0.2) is 69.6 Å². The highest BCUT2D eigenvalue weighted by Crippen LogP contribution is 2.17. The van der Waals surface area contributed by atoms with Gasteiger partial charge in [0.05, 0.1) is 12.2 Å². The molecular formula is C20H29N7O. The molecular weight excluding hydrogens is 354 g/mol. The SMILES string of the molecule is Cc1ccn(-c2ccc(N3CCN(CC(=O)NC4CCCCC4)CC3)nn2)n1. The van der Waals surface area contributed by atoms with Crippen molar-refractivity contribution in [3.05, 3.63) is 30.1 Å². The number of nitrogens with one attached hydrogen (secondary N) is 1. The first-order valence-electron chi connectivity index (χ1n) is 10.3. The van der Waals surface area contributed by atoms with Gasteiger partial charge in [-0.25, -0.2) is 4.68 Å². The van der Waals surface area contributed by atoms with Gasteiger partial charge < -0.3 is 10.2 Å². The van der Waals surface area contributed by atoms with E-state index in [2.05, 4.69) is 30.4 Å². The van der Waals surface area contributed by atoms with Gasteiger partial charge in [0, 0.05) is 38.4 Å². The lowest BCUT2D eigenvalue weighted by molar-refractivity contribution is -0.123. The van der Waals surface area contributed by atoms with Gasteiger partial charge in [-0.05, 0) is 38.0 Å². The van der Waals surface area contributed by atoms with Crippen LogP contribution in [0.2, 0.25) is 0 Å². The lowest BCUT2D eigenvalue weighted by Gasteiger charge is -2.35. The van der Waals surface area contributed by atoms with Crippen molar-refractivity contribution in [2.24, 2.45) is 0 Å². The van der Waals surface area contributed by atoms with E-state index in [1.54, 1.807) is 4.68 Å². The van der Waals surface area contributed by atoms with E-state index in [-0.39, 0.29) is 5.91 Å². The number of carbonyl (C=O) groups excluding carboxylic acids is 1. The number of piperazine rings is 1. The lowest BCUT2D eigenvalue weighted by atomic mass is 9.95. The number of amides is 1. The molecule has 2 aliphatic rings. The molecule has 28 heavy (non-hydrogen) atoms. The summed E-state index contributed by atoms with van der Waals surface area (Å²) in [5.41, 5.74) is 0.953. The van der Waals surface area contributed by atoms with Gasteiger partial charge in [0.1, 0.15) is 0 Å². The Kier molecular flexibility index (Phi) is 5.85. The quantitative estimate of drug-likeness (QED) is 0.844. The van der Waals surface area contributed by atoms with Crippen LogP contribution in [0.1, 0.15) is 37.8 Å². The summed E-state index contributed by atoms with van der Waals surface area (Å²) in [4.78, 5) is 16.8. The molecule has 8 heteroatoms. The van der Waals surface area contributed by atoms with Gasteiger partial charge in [0.25, 0.3) is 0 Å². The Morgan fingerprint density at radius 1 is 1.04 bits per heavy atom. The summed E-state index contributed by atoms with van der Waals surface area (Å²) in [7, 11) is 0. The van der Waals surface area contributed by atoms with Crippen molar-refractivity contribution in [1.29, 1.82) is 0 Å². The van der Waals surface area contributed by atoms with Crippen molar-refractivity contribution in [2.45, 2.75) is 45.1 Å². The van der Waals surface area contributed by atoms with E-state index in [0.717, 1.165) is 56.4 Å². The molecule has 1 saturated heterocycles. The molecule has 0 spiro atoms. The summed E-state index contributed by atoms with van der Waals surface area (Å²) in [6.45, 7) is 5.87. The second-order valence-electron chi connectivity index (χ2n) is 7.82. The molecule has 1 saturated carbocycles. The number of carbonyl (C=O) groups is 1. The van der Waals surface area contributed by atoms with Crippen LogP contribution in [0.4, 0.5) is 5.82 Å². The second kappa shape index (κ2) is 8.68. The molecule has 1 aliphatic heterocycles. The summed E-state index contributed by atoms with van der Waals surface area (Å²) >= 11 is 0. The van der Waals surface area contributed by atoms with Gasteiger partial charge in [0.2, 0.25) is 5.91 Å². The Labute approximate surface area is 165 Å². The third kappa shape index (κ3) is 4.67. The van der Waals surface area contributed by atoms with Crippen LogP contribution in [0.25, 0.3) is 5.82 Å². The van der Waals surface area contributed by atoms with Crippen molar-refractivity contribution < 1.29 is 4.79 Å². The van der Waals surface area contributed by atoms with Crippen LogP contribution in [0, 0.1) is 6.92 Å². The van der Waals surface area contributed by atoms with Crippen molar-refractivity contribution in [3.63, 3.8) is 0 Å². The highest BCUT2D eigenvalue weighted by Gasteiger charge is 2.22. The van der Waals surface area contributed by atoms with Crippen molar-refractivity contribution >= 4 is 11.7 Å². The zero-order valence-electron chi connectivity index (χ0n) is 16.5. The zero-order valence-corrected chi connectivity index (χ0v) is 16.5. The maximum atomic E-state index is 12.3. The largest absolute Gasteiger partial charge is 0.353 e. The summed E-state index contributed by atoms with van der Waals surface area (Å²) in [5, 5.41) is 16.2. The highest BCUT2D eigenvalue weighted by atomic mass is 16.2. The van der Waals surface area contributed by atoms with E-state index in [1.807, 2.05) is 31.3 Å². The van der Waals surface area contributed by atoms with Crippen LogP contribution in [-0.2, 0) is 4.79 Å². The Balaban J connectivity index is 1.25. The van der Waals surface area contributed by atoms with Crippen LogP contribution in [0.5, 0.6) is 0 Å². The van der Waals surface area contributed by atoms with E-state index in [4.69, 9.17) is 0 Å². The molecule has 0 aromatic carbocycles. The van der Waals surface area contributed by atoms with Crippen LogP contribution >= 0.6 is 0 Å². The average molecular weight is 384 g/mol. The molecule has 1 amide bonds. The van der Waals surface area contributed by atoms with Crippen LogP contribution in [0.15, 0.2) is 24.4 Å². The fraction of sp³-hybridized carbons (Fsp3) is 0.600. The smallest absolute Gasteiger partial charge is 0.234 e. The molecule has 2 aromatic heterocycles. The Morgan fingerprint density at radius 2 is 1.75 bits per heavy atom. The standard InChI is InChI=1S/C20H29N7O/c1-16-9-10-27(24-16)19-8-7-18(22-23-19)26-13-11-25(12-14-26)15-20(28)21-17-5-3-2-4-6-17/h7-10,17H,2-6,11-15H2,1H3,(H,21,28). The molecule has 0 radical (unpaired) electrons. The number of hydrogen-bond acceptors (Lipinski definition) is 6. The van der Waals surface area contributed by atoms with Crippen molar-refractivity contribution in [2.75, 3.05) is 37.6 Å². The van der Waals surface area contributed by atoms with Crippen molar-refractivity contribution in [3.8, 4) is 5.82 Å². The molecule has 0 bridgehead atoms. The molecule has 2 fully saturated rings. The first-order chi connectivity index (χ1) is 13.7. The second-order valence-corrected chi connectivity index (χ2v) is 7.82. The van der Waals surface area contributed by atoms with Gasteiger partial charge in [-0.1, -0.05) is 19.3 Å². The zero-order chi connectivity index (χ0) is 19.3. The predicted octanol–water partition coefficient (Wildman–Crippen LogP) is 1.54. The average Bonchev–Trinajstić information content (AvgIpc) is 3.16. The summed E-state index contributed by atoms with van der Waals surface area (Å²) in [5.74, 6) is 1.76. The minimum Gasteiger partial charge on any atom is -0.353 e. The molecule has 1 N–H and O–H groups in total. The monoisotopic (exact) mass is 383 g/mol. The predicted molar refractivity (Wildman–Crippen MR) is 108 cm³/mol. The normalized spacial score (nSPS) is 19.0. The molecule has 3 heterocycles. The van der Waals surface area contributed by atoms with Gasteiger partial charge in [-0.2, -0.15) is 5.10 Å². The van der Waals surface area contributed by atoms with E-state index in [1.165, 1.54) is 19.3 Å². The number of hydrogen-bond donors (Lipinski definition) is 1.